The van der Waals surface area contributed by atoms with Gasteiger partial charge in [0.2, 0.25) is 5.91 Å². The molecule has 3 heterocycles. The van der Waals surface area contributed by atoms with Crippen LogP contribution in [-0.4, -0.2) is 42.0 Å². The van der Waals surface area contributed by atoms with Crippen molar-refractivity contribution in [2.24, 2.45) is 18.4 Å². The van der Waals surface area contributed by atoms with Crippen molar-refractivity contribution in [3.63, 3.8) is 0 Å². The van der Waals surface area contributed by atoms with Gasteiger partial charge in [-0.3, -0.25) is 9.52 Å². The Morgan fingerprint density at radius 2 is 1.86 bits per heavy atom. The molecule has 190 valence electrons. The Kier molecular flexibility index (Phi) is 6.51. The average molecular weight is 501 g/mol. The zero-order valence-electron chi connectivity index (χ0n) is 21.7. The molecule has 2 aromatic heterocycles. The Labute approximate surface area is 207 Å². The highest BCUT2D eigenvalue weighted by atomic mass is 32.2. The van der Waals surface area contributed by atoms with Crippen molar-refractivity contribution in [3.05, 3.63) is 41.4 Å². The van der Waals surface area contributed by atoms with Gasteiger partial charge >= 0.3 is 0 Å². The van der Waals surface area contributed by atoms with Gasteiger partial charge in [0.15, 0.2) is 10.7 Å². The zero-order chi connectivity index (χ0) is 25.7. The largest absolute Gasteiger partial charge is 0.360 e. The number of fused-ring (bicyclic) bond motifs is 1. The Balaban J connectivity index is 1.56. The molecule has 1 saturated heterocycles. The van der Waals surface area contributed by atoms with E-state index in [1.54, 1.807) is 19.9 Å². The molecule has 9 heteroatoms. The van der Waals surface area contributed by atoms with Crippen molar-refractivity contribution in [3.8, 4) is 0 Å². The number of amides is 1. The topological polar surface area (TPSA) is 97.4 Å². The van der Waals surface area contributed by atoms with Crippen LogP contribution in [0.5, 0.6) is 0 Å². The van der Waals surface area contributed by atoms with Crippen molar-refractivity contribution in [1.82, 2.24) is 14.6 Å². The van der Waals surface area contributed by atoms with Gasteiger partial charge in [-0.15, -0.1) is 0 Å². The molecule has 0 bridgehead atoms. The maximum Gasteiger partial charge on any atom is 0.267 e. The molecule has 1 fully saturated rings. The van der Waals surface area contributed by atoms with E-state index in [0.29, 0.717) is 17.3 Å². The maximum absolute atomic E-state index is 13.0. The third-order valence-corrected chi connectivity index (χ3v) is 9.05. The highest BCUT2D eigenvalue weighted by Gasteiger charge is 2.33. The van der Waals surface area contributed by atoms with E-state index >= 15 is 0 Å². The first-order valence-electron chi connectivity index (χ1n) is 12.1. The molecule has 1 N–H and O–H groups in total. The first-order chi connectivity index (χ1) is 16.3. The van der Waals surface area contributed by atoms with Gasteiger partial charge in [0, 0.05) is 48.8 Å². The van der Waals surface area contributed by atoms with Crippen molar-refractivity contribution in [2.75, 3.05) is 17.8 Å². The number of nitrogens with zero attached hydrogens (tertiary/aromatic N) is 3. The van der Waals surface area contributed by atoms with Crippen LogP contribution in [0.3, 0.4) is 0 Å². The van der Waals surface area contributed by atoms with Crippen LogP contribution in [0.1, 0.15) is 63.5 Å². The predicted molar refractivity (Wildman–Crippen MR) is 137 cm³/mol. The van der Waals surface area contributed by atoms with Gasteiger partial charge in [-0.05, 0) is 61.8 Å². The molecule has 0 spiro atoms. The van der Waals surface area contributed by atoms with Crippen molar-refractivity contribution >= 4 is 32.5 Å². The predicted octanol–water partition coefficient (Wildman–Crippen LogP) is 4.97. The lowest BCUT2D eigenvalue weighted by atomic mass is 9.80. The second-order valence-corrected chi connectivity index (χ2v) is 12.5. The van der Waals surface area contributed by atoms with Crippen LogP contribution in [0.25, 0.3) is 10.9 Å². The standard InChI is InChI=1S/C26H36N4O4S/c1-16(26(4,5)6)25(31)30-12-10-19(11-13-30)22-15-29(7)23-9-8-20(14-21(22)23)28-35(32,33)24-17(2)27-34-18(24)3/h8-9,14-16,19,28H,10-13H2,1-7H3/t16-/m0/s1. The average Bonchev–Trinajstić information content (AvgIpc) is 3.30. The molecule has 0 radical (unpaired) electrons. The summed E-state index contributed by atoms with van der Waals surface area (Å²) in [4.78, 5) is 15.0. The first-order valence-corrected chi connectivity index (χ1v) is 13.6. The number of hydrogen-bond donors (Lipinski definition) is 1. The van der Waals surface area contributed by atoms with Crippen LogP contribution in [0.15, 0.2) is 33.8 Å². The van der Waals surface area contributed by atoms with Crippen LogP contribution in [0, 0.1) is 25.2 Å². The van der Waals surface area contributed by atoms with E-state index in [9.17, 15) is 13.2 Å². The second-order valence-electron chi connectivity index (χ2n) is 10.9. The van der Waals surface area contributed by atoms with E-state index < -0.39 is 10.0 Å². The lowest BCUT2D eigenvalue weighted by molar-refractivity contribution is -0.139. The van der Waals surface area contributed by atoms with Crippen molar-refractivity contribution < 1.29 is 17.7 Å². The van der Waals surface area contributed by atoms with Gasteiger partial charge in [0.25, 0.3) is 10.0 Å². The van der Waals surface area contributed by atoms with Crippen molar-refractivity contribution in [1.29, 1.82) is 0 Å². The minimum absolute atomic E-state index is 0.0233. The number of aryl methyl sites for hydroxylation is 3. The van der Waals surface area contributed by atoms with E-state index in [4.69, 9.17) is 4.52 Å². The SMILES string of the molecule is Cc1noc(C)c1S(=O)(=O)Nc1ccc2c(c1)c(C1CCN(C(=O)[C@H](C)C(C)(C)C)CC1)cn2C. The highest BCUT2D eigenvalue weighted by Crippen LogP contribution is 2.37. The molecule has 1 aliphatic heterocycles. The quantitative estimate of drug-likeness (QED) is 0.533. The van der Waals surface area contributed by atoms with Gasteiger partial charge in [-0.2, -0.15) is 0 Å². The van der Waals surface area contributed by atoms with Crippen LogP contribution in [-0.2, 0) is 21.9 Å². The van der Waals surface area contributed by atoms with E-state index in [1.165, 1.54) is 5.56 Å². The summed E-state index contributed by atoms with van der Waals surface area (Å²) < 4.78 is 35.8. The molecule has 1 amide bonds. The van der Waals surface area contributed by atoms with Crippen LogP contribution >= 0.6 is 0 Å². The van der Waals surface area contributed by atoms with Gasteiger partial charge in [-0.25, -0.2) is 8.42 Å². The lowest BCUT2D eigenvalue weighted by Crippen LogP contribution is -2.43. The summed E-state index contributed by atoms with van der Waals surface area (Å²) in [6.07, 6.45) is 3.91. The number of carbonyl (C=O) groups is 1. The van der Waals surface area contributed by atoms with Crippen LogP contribution in [0.2, 0.25) is 0 Å². The fourth-order valence-electron chi connectivity index (χ4n) is 4.93. The molecule has 8 nitrogen and oxygen atoms in total. The third kappa shape index (κ3) is 4.83. The molecule has 1 atom stereocenters. The molecule has 35 heavy (non-hydrogen) atoms. The summed E-state index contributed by atoms with van der Waals surface area (Å²) in [7, 11) is -1.82. The van der Waals surface area contributed by atoms with Crippen LogP contribution in [0.4, 0.5) is 5.69 Å². The van der Waals surface area contributed by atoms with Gasteiger partial charge in [0.1, 0.15) is 5.69 Å². The minimum atomic E-state index is -3.83. The summed E-state index contributed by atoms with van der Waals surface area (Å²) in [5.41, 5.74) is 3.00. The first kappa shape index (κ1) is 25.3. The third-order valence-electron chi connectivity index (χ3n) is 7.43. The number of aromatic nitrogens is 2. The number of benzene rings is 1. The fourth-order valence-corrected chi connectivity index (χ4v) is 6.31. The molecule has 1 aromatic carbocycles. The van der Waals surface area contributed by atoms with Gasteiger partial charge in [0.05, 0.1) is 0 Å². The maximum atomic E-state index is 13.0. The number of anilines is 1. The van der Waals surface area contributed by atoms with Crippen LogP contribution < -0.4 is 4.72 Å². The van der Waals surface area contributed by atoms with E-state index in [1.807, 2.05) is 31.0 Å². The van der Waals surface area contributed by atoms with Gasteiger partial charge in [-0.1, -0.05) is 32.9 Å². The van der Waals surface area contributed by atoms with Gasteiger partial charge < -0.3 is 14.0 Å². The molecule has 0 unspecified atom stereocenters. The smallest absolute Gasteiger partial charge is 0.267 e. The normalized spacial score (nSPS) is 16.6. The lowest BCUT2D eigenvalue weighted by Gasteiger charge is -2.36. The number of likely N-dealkylation sites (tertiary alicyclic amines) is 1. The summed E-state index contributed by atoms with van der Waals surface area (Å²) in [5.74, 6) is 0.774. The van der Waals surface area contributed by atoms with E-state index in [2.05, 4.69) is 41.4 Å². The Hall–Kier alpha value is -2.81. The molecule has 1 aliphatic rings. The van der Waals surface area contributed by atoms with E-state index in [-0.39, 0.29) is 27.9 Å². The number of piperidine rings is 1. The number of hydrogen-bond acceptors (Lipinski definition) is 5. The number of carbonyl (C=O) groups excluding carboxylic acids is 1. The monoisotopic (exact) mass is 500 g/mol. The Bertz CT molecular complexity index is 1340. The second kappa shape index (κ2) is 9.00. The number of nitrogens with one attached hydrogen (secondary N) is 1. The number of rotatable bonds is 5. The molecule has 4 rings (SSSR count). The van der Waals surface area contributed by atoms with E-state index in [0.717, 1.165) is 36.8 Å². The minimum Gasteiger partial charge on any atom is -0.360 e. The molecule has 3 aromatic rings. The summed E-state index contributed by atoms with van der Waals surface area (Å²) in [6, 6.07) is 5.62. The number of sulfonamides is 1. The molecule has 0 aliphatic carbocycles. The highest BCUT2D eigenvalue weighted by molar-refractivity contribution is 7.92. The fraction of sp³-hybridized carbons (Fsp3) is 0.538. The Morgan fingerprint density at radius 1 is 1.20 bits per heavy atom. The summed E-state index contributed by atoms with van der Waals surface area (Å²) in [5, 5.41) is 4.80. The molecular formula is C26H36N4O4S. The molecule has 0 saturated carbocycles. The zero-order valence-corrected chi connectivity index (χ0v) is 22.5. The Morgan fingerprint density at radius 3 is 2.43 bits per heavy atom. The summed E-state index contributed by atoms with van der Waals surface area (Å²) in [6.45, 7) is 13.0. The summed E-state index contributed by atoms with van der Waals surface area (Å²) >= 11 is 0. The van der Waals surface area contributed by atoms with Crippen molar-refractivity contribution in [2.45, 2.75) is 65.2 Å². The molecular weight excluding hydrogens is 464 g/mol.